The average molecular weight is 331 g/mol. The summed E-state index contributed by atoms with van der Waals surface area (Å²) in [7, 11) is 1.60. The number of rotatable bonds is 8. The lowest BCUT2D eigenvalue weighted by molar-refractivity contribution is -0.154. The molecule has 0 saturated heterocycles. The molecule has 1 amide bonds. The fourth-order valence-corrected chi connectivity index (χ4v) is 2.08. The Hall–Kier alpha value is -2.76. The predicted octanol–water partition coefficient (Wildman–Crippen LogP) is 2.47. The van der Waals surface area contributed by atoms with Crippen LogP contribution in [0.15, 0.2) is 47.1 Å². The van der Waals surface area contributed by atoms with Gasteiger partial charge in [-0.25, -0.2) is 0 Å². The molecule has 0 aliphatic carbocycles. The molecule has 6 nitrogen and oxygen atoms in total. The minimum atomic E-state index is -0.844. The highest BCUT2D eigenvalue weighted by molar-refractivity contribution is 5.83. The van der Waals surface area contributed by atoms with Gasteiger partial charge in [0.15, 0.2) is 6.10 Å². The Labute approximate surface area is 140 Å². The van der Waals surface area contributed by atoms with Crippen molar-refractivity contribution in [1.29, 1.82) is 0 Å². The van der Waals surface area contributed by atoms with E-state index in [0.717, 1.165) is 11.3 Å². The number of hydrogen-bond acceptors (Lipinski definition) is 5. The highest BCUT2D eigenvalue weighted by atomic mass is 16.5. The second kappa shape index (κ2) is 8.76. The van der Waals surface area contributed by atoms with Crippen LogP contribution in [0.5, 0.6) is 5.75 Å². The highest BCUT2D eigenvalue weighted by Crippen LogP contribution is 2.13. The molecule has 1 N–H and O–H groups in total. The number of carbonyl (C=O) groups excluding carboxylic acids is 2. The number of esters is 1. The maximum Gasteiger partial charge on any atom is 0.306 e. The molecule has 0 saturated carbocycles. The third-order valence-electron chi connectivity index (χ3n) is 3.47. The van der Waals surface area contributed by atoms with Crippen LogP contribution in [0, 0.1) is 0 Å². The maximum atomic E-state index is 11.9. The van der Waals surface area contributed by atoms with E-state index in [2.05, 4.69) is 5.32 Å². The van der Waals surface area contributed by atoms with Crippen molar-refractivity contribution in [3.05, 3.63) is 54.0 Å². The molecule has 0 bridgehead atoms. The Bertz CT molecular complexity index is 649. The van der Waals surface area contributed by atoms with Crippen molar-refractivity contribution in [2.24, 2.45) is 0 Å². The summed E-state index contributed by atoms with van der Waals surface area (Å²) in [6.07, 6.45) is 1.44. The summed E-state index contributed by atoms with van der Waals surface area (Å²) in [4.78, 5) is 23.7. The van der Waals surface area contributed by atoms with Crippen molar-refractivity contribution in [2.45, 2.75) is 32.4 Å². The number of aryl methyl sites for hydroxylation is 1. The van der Waals surface area contributed by atoms with E-state index in [1.165, 1.54) is 6.26 Å². The predicted molar refractivity (Wildman–Crippen MR) is 87.4 cm³/mol. The number of benzene rings is 1. The number of carbonyl (C=O) groups is 2. The van der Waals surface area contributed by atoms with Gasteiger partial charge in [0.1, 0.15) is 11.5 Å². The van der Waals surface area contributed by atoms with Crippen LogP contribution in [0.3, 0.4) is 0 Å². The van der Waals surface area contributed by atoms with Gasteiger partial charge in [-0.15, -0.1) is 0 Å². The van der Waals surface area contributed by atoms with Crippen LogP contribution in [0.1, 0.15) is 24.7 Å². The van der Waals surface area contributed by atoms with Gasteiger partial charge in [0.05, 0.1) is 19.9 Å². The molecule has 128 valence electrons. The molecular weight excluding hydrogens is 310 g/mol. The highest BCUT2D eigenvalue weighted by Gasteiger charge is 2.17. The van der Waals surface area contributed by atoms with Crippen LogP contribution >= 0.6 is 0 Å². The zero-order valence-corrected chi connectivity index (χ0v) is 13.8. The van der Waals surface area contributed by atoms with Crippen LogP contribution in [0.25, 0.3) is 0 Å². The molecule has 1 atom stereocenters. The van der Waals surface area contributed by atoms with E-state index >= 15 is 0 Å². The van der Waals surface area contributed by atoms with Gasteiger partial charge in [-0.05, 0) is 43.2 Å². The summed E-state index contributed by atoms with van der Waals surface area (Å²) in [6.45, 7) is 1.81. The molecule has 0 aliphatic heterocycles. The minimum Gasteiger partial charge on any atom is -0.497 e. The Kier molecular flexibility index (Phi) is 6.42. The van der Waals surface area contributed by atoms with Crippen LogP contribution < -0.4 is 10.1 Å². The number of amides is 1. The van der Waals surface area contributed by atoms with Gasteiger partial charge in [-0.1, -0.05) is 12.1 Å². The summed E-state index contributed by atoms with van der Waals surface area (Å²) in [5, 5.41) is 2.65. The van der Waals surface area contributed by atoms with Crippen molar-refractivity contribution in [3.8, 4) is 5.75 Å². The van der Waals surface area contributed by atoms with Crippen molar-refractivity contribution >= 4 is 11.9 Å². The van der Waals surface area contributed by atoms with Gasteiger partial charge in [0.2, 0.25) is 0 Å². The van der Waals surface area contributed by atoms with Gasteiger partial charge in [-0.2, -0.15) is 0 Å². The summed E-state index contributed by atoms with van der Waals surface area (Å²) >= 11 is 0. The lowest BCUT2D eigenvalue weighted by Crippen LogP contribution is -2.35. The van der Waals surface area contributed by atoms with E-state index < -0.39 is 12.1 Å². The second-order valence-electron chi connectivity index (χ2n) is 5.28. The van der Waals surface area contributed by atoms with E-state index in [9.17, 15) is 9.59 Å². The van der Waals surface area contributed by atoms with Crippen LogP contribution in [-0.4, -0.2) is 25.1 Å². The molecule has 1 aromatic heterocycles. The largest absolute Gasteiger partial charge is 0.497 e. The molecule has 0 radical (unpaired) electrons. The fourth-order valence-electron chi connectivity index (χ4n) is 2.08. The lowest BCUT2D eigenvalue weighted by atomic mass is 10.1. The number of hydrogen-bond donors (Lipinski definition) is 1. The van der Waals surface area contributed by atoms with Gasteiger partial charge < -0.3 is 19.2 Å². The van der Waals surface area contributed by atoms with Crippen molar-refractivity contribution in [2.75, 3.05) is 7.11 Å². The normalized spacial score (nSPS) is 11.6. The first-order valence-electron chi connectivity index (χ1n) is 7.71. The van der Waals surface area contributed by atoms with E-state index in [0.29, 0.717) is 12.2 Å². The quantitative estimate of drug-likeness (QED) is 0.752. The molecule has 24 heavy (non-hydrogen) atoms. The standard InChI is InChI=1S/C18H21NO5/c1-13(18(21)19-12-16-4-3-11-23-16)24-17(20)10-7-14-5-8-15(22-2)9-6-14/h3-6,8-9,11,13H,7,10,12H2,1-2H3,(H,19,21)/t13-/m0/s1. The van der Waals surface area contributed by atoms with Gasteiger partial charge >= 0.3 is 5.97 Å². The molecular formula is C18H21NO5. The number of methoxy groups -OCH3 is 1. The summed E-state index contributed by atoms with van der Waals surface area (Å²) < 4.78 is 15.3. The Morgan fingerprint density at radius 1 is 1.21 bits per heavy atom. The maximum absolute atomic E-state index is 11.9. The van der Waals surface area contributed by atoms with E-state index in [4.69, 9.17) is 13.9 Å². The first-order valence-corrected chi connectivity index (χ1v) is 7.71. The number of nitrogens with one attached hydrogen (secondary N) is 1. The van der Waals surface area contributed by atoms with Gasteiger partial charge in [0, 0.05) is 6.42 Å². The molecule has 2 aromatic rings. The first-order chi connectivity index (χ1) is 11.6. The minimum absolute atomic E-state index is 0.210. The Morgan fingerprint density at radius 2 is 1.96 bits per heavy atom. The van der Waals surface area contributed by atoms with Crippen LogP contribution in [0.4, 0.5) is 0 Å². The lowest BCUT2D eigenvalue weighted by Gasteiger charge is -2.13. The number of furan rings is 1. The topological polar surface area (TPSA) is 77.8 Å². The monoisotopic (exact) mass is 331 g/mol. The SMILES string of the molecule is COc1ccc(CCC(=O)O[C@@H](C)C(=O)NCc2ccco2)cc1. The molecule has 2 rings (SSSR count). The van der Waals surface area contributed by atoms with Gasteiger partial charge in [-0.3, -0.25) is 9.59 Å². The van der Waals surface area contributed by atoms with Crippen molar-refractivity contribution in [3.63, 3.8) is 0 Å². The van der Waals surface area contributed by atoms with E-state index in [-0.39, 0.29) is 18.9 Å². The number of ether oxygens (including phenoxy) is 2. The summed E-state index contributed by atoms with van der Waals surface area (Å²) in [5.41, 5.74) is 1.00. The molecule has 0 unspecified atom stereocenters. The summed E-state index contributed by atoms with van der Waals surface area (Å²) in [6, 6.07) is 11.0. The summed E-state index contributed by atoms with van der Waals surface area (Å²) in [5.74, 6) is 0.639. The molecule has 6 heteroatoms. The van der Waals surface area contributed by atoms with Crippen molar-refractivity contribution < 1.29 is 23.5 Å². The molecule has 1 aromatic carbocycles. The third kappa shape index (κ3) is 5.46. The molecule has 0 fully saturated rings. The van der Waals surface area contributed by atoms with Gasteiger partial charge in [0.25, 0.3) is 5.91 Å². The van der Waals surface area contributed by atoms with Crippen molar-refractivity contribution in [1.82, 2.24) is 5.32 Å². The third-order valence-corrected chi connectivity index (χ3v) is 3.47. The smallest absolute Gasteiger partial charge is 0.306 e. The van der Waals surface area contributed by atoms with E-state index in [1.54, 1.807) is 26.2 Å². The first kappa shape index (κ1) is 17.6. The van der Waals surface area contributed by atoms with Crippen LogP contribution in [-0.2, 0) is 27.3 Å². The molecule has 0 aliphatic rings. The molecule has 1 heterocycles. The zero-order chi connectivity index (χ0) is 17.4. The Balaban J connectivity index is 1.71. The Morgan fingerprint density at radius 3 is 2.58 bits per heavy atom. The van der Waals surface area contributed by atoms with E-state index in [1.807, 2.05) is 24.3 Å². The van der Waals surface area contributed by atoms with Crippen LogP contribution in [0.2, 0.25) is 0 Å². The second-order valence-corrected chi connectivity index (χ2v) is 5.28. The average Bonchev–Trinajstić information content (AvgIpc) is 3.11. The fraction of sp³-hybridized carbons (Fsp3) is 0.333. The molecule has 0 spiro atoms. The zero-order valence-electron chi connectivity index (χ0n) is 13.8.